The Morgan fingerprint density at radius 2 is 2.07 bits per heavy atom. The number of amides is 1. The van der Waals surface area contributed by atoms with Crippen molar-refractivity contribution in [2.45, 2.75) is 39.3 Å². The van der Waals surface area contributed by atoms with E-state index in [1.807, 2.05) is 19.9 Å². The zero-order valence-electron chi connectivity index (χ0n) is 17.2. The van der Waals surface area contributed by atoms with E-state index in [1.165, 1.54) is 18.2 Å². The van der Waals surface area contributed by atoms with E-state index in [4.69, 9.17) is 4.74 Å². The number of aryl methyl sites for hydroxylation is 1. The minimum atomic E-state index is -0.412. The van der Waals surface area contributed by atoms with Gasteiger partial charge in [-0.25, -0.2) is 4.39 Å². The summed E-state index contributed by atoms with van der Waals surface area (Å²) in [5.41, 5.74) is 3.04. The van der Waals surface area contributed by atoms with Crippen molar-refractivity contribution in [1.82, 2.24) is 9.47 Å². The molecule has 3 rings (SSSR count). The number of rotatable bonds is 8. The quantitative estimate of drug-likeness (QED) is 0.690. The van der Waals surface area contributed by atoms with E-state index in [2.05, 4.69) is 9.88 Å². The van der Waals surface area contributed by atoms with E-state index in [0.717, 1.165) is 37.4 Å². The van der Waals surface area contributed by atoms with Gasteiger partial charge in [0.2, 0.25) is 5.91 Å². The summed E-state index contributed by atoms with van der Waals surface area (Å²) in [4.78, 5) is 26.6. The number of hydrogen-bond donors (Lipinski definition) is 1. The number of nitrogens with one attached hydrogen (secondary N) is 1. The van der Waals surface area contributed by atoms with Crippen molar-refractivity contribution < 1.29 is 18.7 Å². The normalized spacial score (nSPS) is 16.4. The van der Waals surface area contributed by atoms with Crippen LogP contribution in [0.4, 0.5) is 10.1 Å². The zero-order chi connectivity index (χ0) is 21.0. The third-order valence-corrected chi connectivity index (χ3v) is 5.22. The van der Waals surface area contributed by atoms with Gasteiger partial charge < -0.3 is 14.6 Å². The molecule has 156 valence electrons. The number of aromatic nitrogens is 1. The van der Waals surface area contributed by atoms with Crippen molar-refractivity contribution in [3.8, 4) is 0 Å². The summed E-state index contributed by atoms with van der Waals surface area (Å²) in [5.74, 6) is -0.739. The van der Waals surface area contributed by atoms with Crippen molar-refractivity contribution in [3.05, 3.63) is 53.1 Å². The lowest BCUT2D eigenvalue weighted by atomic mass is 10.1. The first-order valence-corrected chi connectivity index (χ1v) is 9.89. The number of Topliss-reactive ketones (excluding diaryl/α,β-unsaturated/α-hetero) is 1. The van der Waals surface area contributed by atoms with Gasteiger partial charge >= 0.3 is 0 Å². The Balaban J connectivity index is 1.57. The molecule has 0 bridgehead atoms. The highest BCUT2D eigenvalue weighted by atomic mass is 19.1. The molecule has 1 amide bonds. The molecule has 1 saturated heterocycles. The molecule has 1 N–H and O–H groups in total. The first-order chi connectivity index (χ1) is 13.8. The monoisotopic (exact) mass is 401 g/mol. The summed E-state index contributed by atoms with van der Waals surface area (Å²) >= 11 is 0. The second-order valence-electron chi connectivity index (χ2n) is 7.68. The molecule has 2 aromatic rings. The minimum absolute atomic E-state index is 0.0299. The van der Waals surface area contributed by atoms with Crippen molar-refractivity contribution in [2.75, 3.05) is 32.1 Å². The van der Waals surface area contributed by atoms with E-state index in [1.54, 1.807) is 18.0 Å². The number of halogens is 1. The molecule has 1 fully saturated rings. The largest absolute Gasteiger partial charge is 0.376 e. The molecule has 0 unspecified atom stereocenters. The number of ether oxygens (including phenoxy) is 1. The van der Waals surface area contributed by atoms with Crippen LogP contribution in [0.2, 0.25) is 0 Å². The third kappa shape index (κ3) is 5.52. The fourth-order valence-corrected chi connectivity index (χ4v) is 3.75. The Hall–Kier alpha value is -2.51. The highest BCUT2D eigenvalue weighted by Crippen LogP contribution is 2.21. The zero-order valence-corrected chi connectivity index (χ0v) is 17.2. The maximum Gasteiger partial charge on any atom is 0.238 e. The van der Waals surface area contributed by atoms with Crippen molar-refractivity contribution >= 4 is 17.4 Å². The molecule has 6 nitrogen and oxygen atoms in total. The average molecular weight is 401 g/mol. The molecule has 0 radical (unpaired) electrons. The predicted molar refractivity (Wildman–Crippen MR) is 110 cm³/mol. The van der Waals surface area contributed by atoms with Crippen LogP contribution in [0.15, 0.2) is 30.3 Å². The molecule has 29 heavy (non-hydrogen) atoms. The Bertz CT molecular complexity index is 887. The van der Waals surface area contributed by atoms with Crippen LogP contribution in [0.3, 0.4) is 0 Å². The van der Waals surface area contributed by atoms with Gasteiger partial charge in [0.1, 0.15) is 5.82 Å². The van der Waals surface area contributed by atoms with Crippen LogP contribution >= 0.6 is 0 Å². The Kier molecular flexibility index (Phi) is 6.82. The summed E-state index contributed by atoms with van der Waals surface area (Å²) in [6.07, 6.45) is 2.33. The van der Waals surface area contributed by atoms with Crippen LogP contribution in [-0.4, -0.2) is 54.0 Å². The number of ketones is 1. The summed E-state index contributed by atoms with van der Waals surface area (Å²) in [5, 5.41) is 2.64. The molecule has 7 heteroatoms. The van der Waals surface area contributed by atoms with Crippen molar-refractivity contribution in [1.29, 1.82) is 0 Å². The molecular weight excluding hydrogens is 373 g/mol. The van der Waals surface area contributed by atoms with Crippen molar-refractivity contribution in [2.24, 2.45) is 0 Å². The number of hydrogen-bond acceptors (Lipinski definition) is 4. The highest BCUT2D eigenvalue weighted by molar-refractivity contribution is 5.99. The van der Waals surface area contributed by atoms with Gasteiger partial charge in [-0.05, 0) is 58.0 Å². The van der Waals surface area contributed by atoms with Crippen LogP contribution in [0.1, 0.15) is 34.6 Å². The molecule has 1 aliphatic rings. The number of anilines is 1. The molecule has 0 aliphatic carbocycles. The van der Waals surface area contributed by atoms with Crippen molar-refractivity contribution in [3.63, 3.8) is 0 Å². The second kappa shape index (κ2) is 9.33. The van der Waals surface area contributed by atoms with Gasteiger partial charge in [-0.1, -0.05) is 6.07 Å². The molecule has 2 heterocycles. The Morgan fingerprint density at radius 3 is 2.76 bits per heavy atom. The molecule has 1 atom stereocenters. The van der Waals surface area contributed by atoms with Gasteiger partial charge in [-0.15, -0.1) is 0 Å². The van der Waals surface area contributed by atoms with E-state index >= 15 is 0 Å². The maximum absolute atomic E-state index is 13.2. The molecule has 1 aromatic heterocycles. The van der Waals surface area contributed by atoms with Gasteiger partial charge in [-0.3, -0.25) is 14.5 Å². The SMILES string of the molecule is Cc1cc(C(=O)CN(C)CC(=O)Nc2cccc(F)c2)c(C)n1C[C@@H]1CCCO1. The predicted octanol–water partition coefficient (Wildman–Crippen LogP) is 3.18. The lowest BCUT2D eigenvalue weighted by Gasteiger charge is -2.16. The van der Waals surface area contributed by atoms with Gasteiger partial charge in [0.05, 0.1) is 19.2 Å². The van der Waals surface area contributed by atoms with Crippen LogP contribution in [0, 0.1) is 19.7 Å². The molecular formula is C22H28FN3O3. The molecule has 1 aliphatic heterocycles. The summed E-state index contributed by atoms with van der Waals surface area (Å²) in [6.45, 7) is 5.67. The smallest absolute Gasteiger partial charge is 0.238 e. The Labute approximate surface area is 170 Å². The molecule has 0 saturated carbocycles. The number of nitrogens with zero attached hydrogens (tertiary/aromatic N) is 2. The van der Waals surface area contributed by atoms with Crippen LogP contribution in [-0.2, 0) is 16.1 Å². The van der Waals surface area contributed by atoms with E-state index in [9.17, 15) is 14.0 Å². The highest BCUT2D eigenvalue weighted by Gasteiger charge is 2.22. The van der Waals surface area contributed by atoms with E-state index < -0.39 is 5.82 Å². The van der Waals surface area contributed by atoms with Gasteiger partial charge in [-0.2, -0.15) is 0 Å². The average Bonchev–Trinajstić information content (AvgIpc) is 3.25. The second-order valence-corrected chi connectivity index (χ2v) is 7.68. The molecule has 1 aromatic carbocycles. The van der Waals surface area contributed by atoms with E-state index in [-0.39, 0.29) is 30.9 Å². The molecule has 0 spiro atoms. The van der Waals surface area contributed by atoms with Gasteiger partial charge in [0, 0.05) is 35.8 Å². The van der Waals surface area contributed by atoms with Crippen LogP contribution in [0.25, 0.3) is 0 Å². The summed E-state index contributed by atoms with van der Waals surface area (Å²) < 4.78 is 21.1. The lowest BCUT2D eigenvalue weighted by molar-refractivity contribution is -0.116. The Morgan fingerprint density at radius 1 is 1.28 bits per heavy atom. The van der Waals surface area contributed by atoms with Gasteiger partial charge in [0.25, 0.3) is 0 Å². The number of carbonyl (C=O) groups excluding carboxylic acids is 2. The number of benzene rings is 1. The topological polar surface area (TPSA) is 63.6 Å². The van der Waals surface area contributed by atoms with Crippen LogP contribution in [0.5, 0.6) is 0 Å². The fourth-order valence-electron chi connectivity index (χ4n) is 3.75. The summed E-state index contributed by atoms with van der Waals surface area (Å²) in [6, 6.07) is 7.63. The number of likely N-dealkylation sites (N-methyl/N-ethyl adjacent to an activating group) is 1. The first kappa shape index (κ1) is 21.2. The van der Waals surface area contributed by atoms with E-state index in [0.29, 0.717) is 11.3 Å². The first-order valence-electron chi connectivity index (χ1n) is 9.89. The maximum atomic E-state index is 13.2. The summed E-state index contributed by atoms with van der Waals surface area (Å²) in [7, 11) is 1.72. The fraction of sp³-hybridized carbons (Fsp3) is 0.455. The lowest BCUT2D eigenvalue weighted by Crippen LogP contribution is -2.34. The minimum Gasteiger partial charge on any atom is -0.376 e. The van der Waals surface area contributed by atoms with Crippen LogP contribution < -0.4 is 5.32 Å². The third-order valence-electron chi connectivity index (χ3n) is 5.22. The van der Waals surface area contributed by atoms with Gasteiger partial charge in [0.15, 0.2) is 5.78 Å². The standard InChI is InChI=1S/C22H28FN3O3/c1-15-10-20(16(2)26(15)12-19-8-5-9-29-19)21(27)13-25(3)14-22(28)24-18-7-4-6-17(23)11-18/h4,6-7,10-11,19H,5,8-9,12-14H2,1-3H3,(H,24,28)/t19-/m0/s1. The number of carbonyl (C=O) groups is 2.